The third kappa shape index (κ3) is 3.21. The Morgan fingerprint density at radius 3 is 2.39 bits per heavy atom. The highest BCUT2D eigenvalue weighted by Crippen LogP contribution is 2.35. The van der Waals surface area contributed by atoms with Gasteiger partial charge in [0.1, 0.15) is 0 Å². The second kappa shape index (κ2) is 4.96. The van der Waals surface area contributed by atoms with Gasteiger partial charge in [-0.25, -0.2) is 0 Å². The summed E-state index contributed by atoms with van der Waals surface area (Å²) in [5.41, 5.74) is 6.49. The van der Waals surface area contributed by atoms with Crippen LogP contribution in [0.1, 0.15) is 19.3 Å². The predicted octanol–water partition coefficient (Wildman–Crippen LogP) is 3.16. The molecule has 6 heteroatoms. The number of rotatable bonds is 2. The highest BCUT2D eigenvalue weighted by molar-refractivity contribution is 5.65. The Bertz CT molecular complexity index is 414. The van der Waals surface area contributed by atoms with E-state index in [2.05, 4.69) is 4.74 Å². The van der Waals surface area contributed by atoms with Crippen LogP contribution in [0.3, 0.4) is 0 Å². The van der Waals surface area contributed by atoms with Crippen LogP contribution >= 0.6 is 0 Å². The van der Waals surface area contributed by atoms with Gasteiger partial charge in [-0.3, -0.25) is 0 Å². The van der Waals surface area contributed by atoms with Gasteiger partial charge in [0.2, 0.25) is 0 Å². The van der Waals surface area contributed by atoms with Crippen LogP contribution in [0.25, 0.3) is 0 Å². The predicted molar refractivity (Wildman–Crippen MR) is 63.6 cm³/mol. The SMILES string of the molecule is Nc1ccc(OC(F)(F)F)c(N2CCCCC2)c1. The molecule has 1 heterocycles. The molecule has 0 spiro atoms. The Labute approximate surface area is 103 Å². The number of anilines is 2. The summed E-state index contributed by atoms with van der Waals surface area (Å²) in [6, 6.07) is 4.22. The zero-order chi connectivity index (χ0) is 13.2. The van der Waals surface area contributed by atoms with Gasteiger partial charge in [-0.2, -0.15) is 0 Å². The minimum atomic E-state index is -4.68. The third-order valence-corrected chi connectivity index (χ3v) is 2.91. The minimum Gasteiger partial charge on any atom is -0.404 e. The topological polar surface area (TPSA) is 38.5 Å². The van der Waals surface area contributed by atoms with Crippen molar-refractivity contribution >= 4 is 11.4 Å². The molecular formula is C12H15F3N2O. The number of alkyl halides is 3. The Kier molecular flexibility index (Phi) is 3.54. The zero-order valence-electron chi connectivity index (χ0n) is 9.83. The molecular weight excluding hydrogens is 245 g/mol. The molecule has 100 valence electrons. The molecule has 1 saturated heterocycles. The summed E-state index contributed by atoms with van der Waals surface area (Å²) in [6.45, 7) is 1.47. The summed E-state index contributed by atoms with van der Waals surface area (Å²) in [7, 11) is 0. The Morgan fingerprint density at radius 1 is 1.11 bits per heavy atom. The van der Waals surface area contributed by atoms with Gasteiger partial charge in [-0.15, -0.1) is 13.2 Å². The number of halogens is 3. The molecule has 1 aromatic rings. The third-order valence-electron chi connectivity index (χ3n) is 2.91. The van der Waals surface area contributed by atoms with E-state index in [1.165, 1.54) is 18.2 Å². The molecule has 0 amide bonds. The molecule has 2 N–H and O–H groups in total. The van der Waals surface area contributed by atoms with Gasteiger partial charge in [0.15, 0.2) is 5.75 Å². The fourth-order valence-electron chi connectivity index (χ4n) is 2.13. The maximum atomic E-state index is 12.3. The number of hydrogen-bond donors (Lipinski definition) is 1. The highest BCUT2D eigenvalue weighted by atomic mass is 19.4. The van der Waals surface area contributed by atoms with Crippen molar-refractivity contribution in [2.75, 3.05) is 23.7 Å². The minimum absolute atomic E-state index is 0.182. The Hall–Kier alpha value is -1.59. The van der Waals surface area contributed by atoms with Gasteiger partial charge in [0.05, 0.1) is 5.69 Å². The zero-order valence-corrected chi connectivity index (χ0v) is 9.83. The maximum Gasteiger partial charge on any atom is 0.573 e. The van der Waals surface area contributed by atoms with E-state index in [-0.39, 0.29) is 5.75 Å². The van der Waals surface area contributed by atoms with Crippen molar-refractivity contribution in [2.24, 2.45) is 0 Å². The van der Waals surface area contributed by atoms with Crippen LogP contribution in [-0.2, 0) is 0 Å². The molecule has 1 aliphatic rings. The molecule has 0 bridgehead atoms. The van der Waals surface area contributed by atoms with Crippen LogP contribution in [0, 0.1) is 0 Å². The van der Waals surface area contributed by atoms with Crippen molar-refractivity contribution < 1.29 is 17.9 Å². The smallest absolute Gasteiger partial charge is 0.404 e. The van der Waals surface area contributed by atoms with Gasteiger partial charge in [-0.05, 0) is 37.5 Å². The summed E-state index contributed by atoms with van der Waals surface area (Å²) < 4.78 is 41.0. The lowest BCUT2D eigenvalue weighted by atomic mass is 10.1. The van der Waals surface area contributed by atoms with Crippen molar-refractivity contribution in [1.82, 2.24) is 0 Å². The molecule has 2 rings (SSSR count). The summed E-state index contributed by atoms with van der Waals surface area (Å²) in [6.07, 6.45) is -1.63. The van der Waals surface area contributed by atoms with Crippen LogP contribution in [0.15, 0.2) is 18.2 Å². The largest absolute Gasteiger partial charge is 0.573 e. The quantitative estimate of drug-likeness (QED) is 0.830. The van der Waals surface area contributed by atoms with Crippen molar-refractivity contribution in [1.29, 1.82) is 0 Å². The number of nitrogens with zero attached hydrogens (tertiary/aromatic N) is 1. The first-order valence-electron chi connectivity index (χ1n) is 5.86. The summed E-state index contributed by atoms with van der Waals surface area (Å²) in [4.78, 5) is 1.89. The lowest BCUT2D eigenvalue weighted by Gasteiger charge is -2.30. The van der Waals surface area contributed by atoms with E-state index >= 15 is 0 Å². The first-order valence-corrected chi connectivity index (χ1v) is 5.86. The summed E-state index contributed by atoms with van der Waals surface area (Å²) in [5.74, 6) is -0.182. The first-order chi connectivity index (χ1) is 8.46. The van der Waals surface area contributed by atoms with Gasteiger partial charge < -0.3 is 15.4 Å². The van der Waals surface area contributed by atoms with Crippen molar-refractivity contribution in [3.05, 3.63) is 18.2 Å². The number of piperidine rings is 1. The highest BCUT2D eigenvalue weighted by Gasteiger charge is 2.33. The van der Waals surface area contributed by atoms with Gasteiger partial charge >= 0.3 is 6.36 Å². The van der Waals surface area contributed by atoms with E-state index in [0.717, 1.165) is 32.4 Å². The molecule has 3 nitrogen and oxygen atoms in total. The van der Waals surface area contributed by atoms with E-state index < -0.39 is 6.36 Å². The van der Waals surface area contributed by atoms with Gasteiger partial charge in [0.25, 0.3) is 0 Å². The maximum absolute atomic E-state index is 12.3. The molecule has 0 aliphatic carbocycles. The number of nitrogens with two attached hydrogens (primary N) is 1. The van der Waals surface area contributed by atoms with Gasteiger partial charge in [0, 0.05) is 18.8 Å². The molecule has 0 radical (unpaired) electrons. The van der Waals surface area contributed by atoms with Crippen LogP contribution < -0.4 is 15.4 Å². The van der Waals surface area contributed by atoms with Crippen LogP contribution in [-0.4, -0.2) is 19.5 Å². The van der Waals surface area contributed by atoms with E-state index in [1.807, 2.05) is 4.90 Å². The average Bonchev–Trinajstić information content (AvgIpc) is 2.31. The van der Waals surface area contributed by atoms with Crippen molar-refractivity contribution in [3.63, 3.8) is 0 Å². The van der Waals surface area contributed by atoms with E-state index in [0.29, 0.717) is 11.4 Å². The van der Waals surface area contributed by atoms with E-state index in [1.54, 1.807) is 0 Å². The number of nitrogen functional groups attached to an aromatic ring is 1. The molecule has 0 atom stereocenters. The number of hydrogen-bond acceptors (Lipinski definition) is 3. The molecule has 1 aliphatic heterocycles. The van der Waals surface area contributed by atoms with E-state index in [9.17, 15) is 13.2 Å². The fraction of sp³-hybridized carbons (Fsp3) is 0.500. The van der Waals surface area contributed by atoms with Crippen LogP contribution in [0.2, 0.25) is 0 Å². The van der Waals surface area contributed by atoms with E-state index in [4.69, 9.17) is 5.73 Å². The standard InChI is InChI=1S/C12H15F3N2O/c13-12(14,15)18-11-5-4-9(16)8-10(11)17-6-2-1-3-7-17/h4-5,8H,1-3,6-7,16H2. The summed E-state index contributed by atoms with van der Waals surface area (Å²) in [5, 5.41) is 0. The number of benzene rings is 1. The second-order valence-electron chi connectivity index (χ2n) is 4.32. The molecule has 0 saturated carbocycles. The molecule has 1 aromatic carbocycles. The number of ether oxygens (including phenoxy) is 1. The van der Waals surface area contributed by atoms with Gasteiger partial charge in [-0.1, -0.05) is 0 Å². The average molecular weight is 260 g/mol. The monoisotopic (exact) mass is 260 g/mol. The lowest BCUT2D eigenvalue weighted by Crippen LogP contribution is -2.30. The molecule has 0 unspecified atom stereocenters. The van der Waals surface area contributed by atoms with Crippen molar-refractivity contribution in [2.45, 2.75) is 25.6 Å². The first kappa shape index (κ1) is 12.9. The Morgan fingerprint density at radius 2 is 1.78 bits per heavy atom. The molecule has 1 fully saturated rings. The Balaban J connectivity index is 2.28. The normalized spacial score (nSPS) is 16.7. The van der Waals surface area contributed by atoms with Crippen LogP contribution in [0.5, 0.6) is 5.75 Å². The van der Waals surface area contributed by atoms with Crippen LogP contribution in [0.4, 0.5) is 24.5 Å². The summed E-state index contributed by atoms with van der Waals surface area (Å²) >= 11 is 0. The van der Waals surface area contributed by atoms with Crippen molar-refractivity contribution in [3.8, 4) is 5.75 Å². The fourth-order valence-corrected chi connectivity index (χ4v) is 2.13. The lowest BCUT2D eigenvalue weighted by molar-refractivity contribution is -0.274. The molecule has 18 heavy (non-hydrogen) atoms. The second-order valence-corrected chi connectivity index (χ2v) is 4.32. The molecule has 0 aromatic heterocycles.